The molecule has 3 aromatic heterocycles. The summed E-state index contributed by atoms with van der Waals surface area (Å²) in [5, 5.41) is 8.63. The number of fused-ring (bicyclic) bond motifs is 2. The Morgan fingerprint density at radius 2 is 1.91 bits per heavy atom. The van der Waals surface area contributed by atoms with Gasteiger partial charge in [-0.2, -0.15) is 5.10 Å². The van der Waals surface area contributed by atoms with Crippen LogP contribution in [0.25, 0.3) is 11.0 Å². The standard InChI is InChI=1S/C22H22ClN5O6S/c1-31-18-14-7-4-6-13(14)17(23)19(32-2)20(18)35(29,30)27-21-16-15(34-26-21)10-12(25-22(16)33-3)11-28-9-5-8-24-28/h5,8-10H,4,6-7,11H2,1-3H3,(H,26,27). The van der Waals surface area contributed by atoms with E-state index in [0.717, 1.165) is 17.5 Å². The molecule has 5 rings (SSSR count). The van der Waals surface area contributed by atoms with Crippen LogP contribution in [0, 0.1) is 0 Å². The van der Waals surface area contributed by atoms with Gasteiger partial charge in [0, 0.05) is 24.0 Å². The Morgan fingerprint density at radius 3 is 2.60 bits per heavy atom. The molecule has 184 valence electrons. The summed E-state index contributed by atoms with van der Waals surface area (Å²) in [6.45, 7) is 0.364. The van der Waals surface area contributed by atoms with E-state index in [1.165, 1.54) is 21.3 Å². The maximum Gasteiger partial charge on any atom is 0.270 e. The summed E-state index contributed by atoms with van der Waals surface area (Å²) in [5.41, 5.74) is 2.48. The maximum absolute atomic E-state index is 13.6. The Bertz CT molecular complexity index is 1520. The van der Waals surface area contributed by atoms with Crippen LogP contribution in [0.2, 0.25) is 5.02 Å². The van der Waals surface area contributed by atoms with Gasteiger partial charge in [0.25, 0.3) is 10.0 Å². The van der Waals surface area contributed by atoms with Crippen LogP contribution in [0.5, 0.6) is 17.4 Å². The number of anilines is 1. The minimum absolute atomic E-state index is 0.0102. The molecule has 35 heavy (non-hydrogen) atoms. The van der Waals surface area contributed by atoms with E-state index in [1.807, 2.05) is 0 Å². The number of sulfonamides is 1. The predicted octanol–water partition coefficient (Wildman–Crippen LogP) is 3.44. The van der Waals surface area contributed by atoms with Crippen LogP contribution in [0.4, 0.5) is 5.82 Å². The zero-order valence-electron chi connectivity index (χ0n) is 19.2. The van der Waals surface area contributed by atoms with Crippen LogP contribution in [-0.4, -0.2) is 49.7 Å². The van der Waals surface area contributed by atoms with Gasteiger partial charge in [0.2, 0.25) is 5.88 Å². The molecule has 1 aliphatic rings. The van der Waals surface area contributed by atoms with Crippen molar-refractivity contribution in [1.29, 1.82) is 0 Å². The average Bonchev–Trinajstić information content (AvgIpc) is 3.60. The second-order valence-corrected chi connectivity index (χ2v) is 9.85. The van der Waals surface area contributed by atoms with Crippen molar-refractivity contribution in [3.63, 3.8) is 0 Å². The Morgan fingerprint density at radius 1 is 1.14 bits per heavy atom. The number of hydrogen-bond donors (Lipinski definition) is 1. The van der Waals surface area contributed by atoms with E-state index in [0.29, 0.717) is 30.7 Å². The number of pyridine rings is 1. The van der Waals surface area contributed by atoms with Gasteiger partial charge in [-0.05, 0) is 30.9 Å². The first-order chi connectivity index (χ1) is 16.9. The molecule has 3 heterocycles. The molecule has 1 aromatic carbocycles. The molecule has 0 unspecified atom stereocenters. The molecule has 0 atom stereocenters. The highest BCUT2D eigenvalue weighted by Crippen LogP contribution is 2.48. The molecular formula is C22H22ClN5O6S. The quantitative estimate of drug-likeness (QED) is 0.372. The van der Waals surface area contributed by atoms with Gasteiger partial charge in [-0.1, -0.05) is 16.8 Å². The third-order valence-electron chi connectivity index (χ3n) is 5.83. The summed E-state index contributed by atoms with van der Waals surface area (Å²) in [5.74, 6) is 0.270. The van der Waals surface area contributed by atoms with Gasteiger partial charge < -0.3 is 18.7 Å². The van der Waals surface area contributed by atoms with Gasteiger partial charge in [-0.3, -0.25) is 9.40 Å². The number of benzene rings is 1. The number of nitrogens with zero attached hydrogens (tertiary/aromatic N) is 4. The molecule has 0 amide bonds. The summed E-state index contributed by atoms with van der Waals surface area (Å²) < 4.78 is 53.3. The Labute approximate surface area is 206 Å². The average molecular weight is 520 g/mol. The third kappa shape index (κ3) is 3.92. The molecular weight excluding hydrogens is 498 g/mol. The number of rotatable bonds is 8. The highest BCUT2D eigenvalue weighted by atomic mass is 35.5. The topological polar surface area (TPSA) is 131 Å². The zero-order chi connectivity index (χ0) is 24.7. The highest BCUT2D eigenvalue weighted by molar-refractivity contribution is 7.93. The van der Waals surface area contributed by atoms with Crippen LogP contribution < -0.4 is 18.9 Å². The Kier molecular flexibility index (Phi) is 5.93. The molecule has 1 N–H and O–H groups in total. The van der Waals surface area contributed by atoms with Crippen molar-refractivity contribution < 1.29 is 27.2 Å². The second kappa shape index (κ2) is 8.93. The fourth-order valence-electron chi connectivity index (χ4n) is 4.37. The number of halogens is 1. The van der Waals surface area contributed by atoms with E-state index in [9.17, 15) is 8.42 Å². The summed E-state index contributed by atoms with van der Waals surface area (Å²) in [6, 6.07) is 3.45. The van der Waals surface area contributed by atoms with E-state index in [1.54, 1.807) is 29.2 Å². The Balaban J connectivity index is 1.60. The molecule has 0 saturated carbocycles. The van der Waals surface area contributed by atoms with Crippen molar-refractivity contribution in [2.75, 3.05) is 26.1 Å². The Hall–Kier alpha value is -3.51. The lowest BCUT2D eigenvalue weighted by Gasteiger charge is -2.19. The zero-order valence-corrected chi connectivity index (χ0v) is 20.7. The van der Waals surface area contributed by atoms with Crippen LogP contribution in [0.1, 0.15) is 23.2 Å². The summed E-state index contributed by atoms with van der Waals surface area (Å²) >= 11 is 6.55. The summed E-state index contributed by atoms with van der Waals surface area (Å²) in [6.07, 6.45) is 5.65. The molecule has 0 spiro atoms. The van der Waals surface area contributed by atoms with Crippen molar-refractivity contribution in [2.24, 2.45) is 0 Å². The molecule has 13 heteroatoms. The van der Waals surface area contributed by atoms with Gasteiger partial charge >= 0.3 is 0 Å². The first-order valence-electron chi connectivity index (χ1n) is 10.7. The SMILES string of the molecule is COc1c(Cl)c2c(c(OC)c1S(=O)(=O)Nc1noc3cc(Cn4cccn4)nc(OC)c13)CCC2. The second-order valence-electron chi connectivity index (χ2n) is 7.86. The summed E-state index contributed by atoms with van der Waals surface area (Å²) in [4.78, 5) is 4.27. The molecule has 0 fully saturated rings. The number of aromatic nitrogens is 4. The first kappa shape index (κ1) is 23.2. The lowest BCUT2D eigenvalue weighted by atomic mass is 10.1. The third-order valence-corrected chi connectivity index (χ3v) is 7.60. The highest BCUT2D eigenvalue weighted by Gasteiger charge is 2.35. The van der Waals surface area contributed by atoms with Crippen molar-refractivity contribution in [2.45, 2.75) is 30.7 Å². The van der Waals surface area contributed by atoms with Crippen molar-refractivity contribution in [3.8, 4) is 17.4 Å². The lowest BCUT2D eigenvalue weighted by Crippen LogP contribution is -2.17. The van der Waals surface area contributed by atoms with Gasteiger partial charge in [-0.15, -0.1) is 0 Å². The largest absolute Gasteiger partial charge is 0.495 e. The van der Waals surface area contributed by atoms with Crippen LogP contribution in [0.3, 0.4) is 0 Å². The normalized spacial score (nSPS) is 13.1. The molecule has 0 aliphatic heterocycles. The molecule has 11 nitrogen and oxygen atoms in total. The van der Waals surface area contributed by atoms with Gasteiger partial charge in [-0.25, -0.2) is 13.4 Å². The van der Waals surface area contributed by atoms with Gasteiger partial charge in [0.05, 0.1) is 38.6 Å². The number of methoxy groups -OCH3 is 3. The van der Waals surface area contributed by atoms with Crippen molar-refractivity contribution in [1.82, 2.24) is 19.9 Å². The number of ether oxygens (including phenoxy) is 3. The first-order valence-corrected chi connectivity index (χ1v) is 12.5. The van der Waals surface area contributed by atoms with Gasteiger partial charge in [0.15, 0.2) is 22.0 Å². The van der Waals surface area contributed by atoms with Crippen molar-refractivity contribution in [3.05, 3.63) is 46.4 Å². The molecule has 0 bridgehead atoms. The molecule has 1 aliphatic carbocycles. The number of nitrogens with one attached hydrogen (secondary N) is 1. The van der Waals surface area contributed by atoms with Crippen molar-refractivity contribution >= 4 is 38.4 Å². The van der Waals surface area contributed by atoms with E-state index < -0.39 is 10.0 Å². The van der Waals surface area contributed by atoms with E-state index in [2.05, 4.69) is 20.0 Å². The fraction of sp³-hybridized carbons (Fsp3) is 0.318. The van der Waals surface area contributed by atoms with Crippen LogP contribution in [0.15, 0.2) is 33.9 Å². The minimum Gasteiger partial charge on any atom is -0.495 e. The summed E-state index contributed by atoms with van der Waals surface area (Å²) in [7, 11) is -0.0789. The minimum atomic E-state index is -4.28. The van der Waals surface area contributed by atoms with Gasteiger partial charge in [0.1, 0.15) is 11.1 Å². The molecule has 0 radical (unpaired) electrons. The van der Waals surface area contributed by atoms with E-state index in [4.69, 9.17) is 30.3 Å². The van der Waals surface area contributed by atoms with E-state index in [-0.39, 0.29) is 38.5 Å². The number of hydrogen-bond acceptors (Lipinski definition) is 9. The predicted molar refractivity (Wildman–Crippen MR) is 127 cm³/mol. The maximum atomic E-state index is 13.6. The molecule has 0 saturated heterocycles. The van der Waals surface area contributed by atoms with E-state index >= 15 is 0 Å². The smallest absolute Gasteiger partial charge is 0.270 e. The molecule has 4 aromatic rings. The fourth-order valence-corrected chi connectivity index (χ4v) is 6.18. The monoisotopic (exact) mass is 519 g/mol. The lowest BCUT2D eigenvalue weighted by molar-refractivity contribution is 0.370. The van der Waals surface area contributed by atoms with Crippen LogP contribution in [-0.2, 0) is 29.4 Å². The van der Waals surface area contributed by atoms with Crippen LogP contribution >= 0.6 is 11.6 Å².